The van der Waals surface area contributed by atoms with Crippen LogP contribution in [0, 0.1) is 6.92 Å². The van der Waals surface area contributed by atoms with Gasteiger partial charge in [-0.25, -0.2) is 4.98 Å². The second-order valence-corrected chi connectivity index (χ2v) is 6.89. The summed E-state index contributed by atoms with van der Waals surface area (Å²) in [5.41, 5.74) is 0. The first kappa shape index (κ1) is 20.7. The largest absolute Gasteiger partial charge is 0.383 e. The van der Waals surface area contributed by atoms with Crippen molar-refractivity contribution in [2.75, 3.05) is 46.4 Å². The van der Waals surface area contributed by atoms with Crippen molar-refractivity contribution in [3.05, 3.63) is 18.2 Å². The molecule has 1 saturated heterocycles. The number of piperidine rings is 1. The van der Waals surface area contributed by atoms with Crippen molar-refractivity contribution >= 4 is 5.96 Å². The van der Waals surface area contributed by atoms with Crippen LogP contribution in [0.5, 0.6) is 0 Å². The molecule has 0 aliphatic carbocycles. The van der Waals surface area contributed by atoms with E-state index in [2.05, 4.69) is 32.0 Å². The number of nitrogens with zero attached hydrogens (tertiary/aromatic N) is 4. The Morgan fingerprint density at radius 2 is 2.12 bits per heavy atom. The van der Waals surface area contributed by atoms with E-state index in [0.29, 0.717) is 6.04 Å². The number of guanidine groups is 1. The minimum absolute atomic E-state index is 0.514. The van der Waals surface area contributed by atoms with Crippen molar-refractivity contribution < 1.29 is 4.74 Å². The fourth-order valence-corrected chi connectivity index (χ4v) is 3.26. The predicted molar refractivity (Wildman–Crippen MR) is 107 cm³/mol. The van der Waals surface area contributed by atoms with Gasteiger partial charge in [-0.1, -0.05) is 0 Å². The van der Waals surface area contributed by atoms with E-state index in [-0.39, 0.29) is 0 Å². The first-order valence-electron chi connectivity index (χ1n) is 9.96. The van der Waals surface area contributed by atoms with E-state index in [1.807, 2.05) is 19.3 Å². The average molecular weight is 365 g/mol. The fourth-order valence-electron chi connectivity index (χ4n) is 3.26. The van der Waals surface area contributed by atoms with E-state index in [1.165, 1.54) is 0 Å². The molecule has 0 saturated carbocycles. The van der Waals surface area contributed by atoms with Gasteiger partial charge in [0.15, 0.2) is 5.96 Å². The van der Waals surface area contributed by atoms with Gasteiger partial charge >= 0.3 is 0 Å². The summed E-state index contributed by atoms with van der Waals surface area (Å²) < 4.78 is 7.37. The standard InChI is InChI=1S/C19H36N6O/c1-4-20-19(22-9-5-6-11-25-14-10-21-17(25)2)23-18-7-12-24(13-8-18)15-16-26-3/h10,14,18H,4-9,11-13,15-16H2,1-3H3,(H2,20,22,23). The number of aliphatic imine (C=N–C) groups is 1. The number of nitrogens with one attached hydrogen (secondary N) is 2. The predicted octanol–water partition coefficient (Wildman–Crippen LogP) is 1.64. The number of imidazole rings is 1. The number of aryl methyl sites for hydroxylation is 2. The van der Waals surface area contributed by atoms with Crippen LogP contribution in [-0.2, 0) is 11.3 Å². The zero-order valence-corrected chi connectivity index (χ0v) is 16.7. The van der Waals surface area contributed by atoms with Crippen molar-refractivity contribution in [3.8, 4) is 0 Å². The van der Waals surface area contributed by atoms with E-state index in [1.54, 1.807) is 7.11 Å². The molecule has 2 heterocycles. The summed E-state index contributed by atoms with van der Waals surface area (Å²) >= 11 is 0. The summed E-state index contributed by atoms with van der Waals surface area (Å²) in [6.45, 7) is 11.1. The van der Waals surface area contributed by atoms with Gasteiger partial charge in [0.05, 0.1) is 6.61 Å². The van der Waals surface area contributed by atoms with E-state index in [9.17, 15) is 0 Å². The van der Waals surface area contributed by atoms with Gasteiger partial charge in [0, 0.05) is 64.8 Å². The molecule has 26 heavy (non-hydrogen) atoms. The third-order valence-electron chi connectivity index (χ3n) is 4.88. The second kappa shape index (κ2) is 11.9. The van der Waals surface area contributed by atoms with Crippen LogP contribution in [0.1, 0.15) is 38.4 Å². The summed E-state index contributed by atoms with van der Waals surface area (Å²) in [5.74, 6) is 2.04. The average Bonchev–Trinajstić information content (AvgIpc) is 3.06. The molecule has 0 atom stereocenters. The molecule has 2 N–H and O–H groups in total. The van der Waals surface area contributed by atoms with Crippen molar-refractivity contribution in [3.63, 3.8) is 0 Å². The lowest BCUT2D eigenvalue weighted by atomic mass is 10.1. The number of aromatic nitrogens is 2. The molecule has 2 rings (SSSR count). The highest BCUT2D eigenvalue weighted by Crippen LogP contribution is 2.10. The van der Waals surface area contributed by atoms with Gasteiger partial charge in [-0.05, 0) is 39.5 Å². The zero-order valence-electron chi connectivity index (χ0n) is 16.7. The molecule has 1 aromatic rings. The van der Waals surface area contributed by atoms with Crippen molar-refractivity contribution in [1.29, 1.82) is 0 Å². The lowest BCUT2D eigenvalue weighted by molar-refractivity contribution is 0.128. The number of likely N-dealkylation sites (tertiary alicyclic amines) is 1. The van der Waals surface area contributed by atoms with Gasteiger partial charge in [-0.2, -0.15) is 0 Å². The Kier molecular flexibility index (Phi) is 9.48. The second-order valence-electron chi connectivity index (χ2n) is 6.89. The summed E-state index contributed by atoms with van der Waals surface area (Å²) in [4.78, 5) is 11.5. The van der Waals surface area contributed by atoms with Crippen LogP contribution in [0.2, 0.25) is 0 Å². The highest BCUT2D eigenvalue weighted by Gasteiger charge is 2.19. The molecule has 1 aliphatic heterocycles. The number of hydrogen-bond donors (Lipinski definition) is 2. The van der Waals surface area contributed by atoms with E-state index < -0.39 is 0 Å². The summed E-state index contributed by atoms with van der Waals surface area (Å²) in [6, 6.07) is 0.514. The minimum Gasteiger partial charge on any atom is -0.383 e. The van der Waals surface area contributed by atoms with Crippen LogP contribution in [0.4, 0.5) is 0 Å². The Balaban J connectivity index is 1.67. The van der Waals surface area contributed by atoms with Crippen LogP contribution in [-0.4, -0.2) is 72.9 Å². The van der Waals surface area contributed by atoms with Crippen LogP contribution in [0.3, 0.4) is 0 Å². The number of ether oxygens (including phenoxy) is 1. The van der Waals surface area contributed by atoms with Gasteiger partial charge in [-0.15, -0.1) is 0 Å². The van der Waals surface area contributed by atoms with Crippen LogP contribution < -0.4 is 10.6 Å². The van der Waals surface area contributed by atoms with Crippen LogP contribution >= 0.6 is 0 Å². The van der Waals surface area contributed by atoms with Crippen molar-refractivity contribution in [1.82, 2.24) is 25.1 Å². The zero-order chi connectivity index (χ0) is 18.6. The lowest BCUT2D eigenvalue weighted by Gasteiger charge is -2.32. The Labute approximate surface area is 158 Å². The van der Waals surface area contributed by atoms with Gasteiger partial charge < -0.3 is 24.8 Å². The SMILES string of the molecule is CCNC(=NCCCCn1ccnc1C)NC1CCN(CCOC)CC1. The number of unbranched alkanes of at least 4 members (excludes halogenated alkanes) is 1. The Morgan fingerprint density at radius 1 is 1.31 bits per heavy atom. The van der Waals surface area contributed by atoms with Crippen molar-refractivity contribution in [2.24, 2.45) is 4.99 Å². The monoisotopic (exact) mass is 364 g/mol. The molecule has 7 nitrogen and oxygen atoms in total. The maximum Gasteiger partial charge on any atom is 0.191 e. The third-order valence-corrected chi connectivity index (χ3v) is 4.88. The van der Waals surface area contributed by atoms with Crippen LogP contribution in [0.15, 0.2) is 17.4 Å². The molecule has 1 fully saturated rings. The summed E-state index contributed by atoms with van der Waals surface area (Å²) in [7, 11) is 1.77. The molecule has 0 bridgehead atoms. The Morgan fingerprint density at radius 3 is 2.77 bits per heavy atom. The molecule has 0 aromatic carbocycles. The summed E-state index contributed by atoms with van der Waals surface area (Å²) in [5, 5.41) is 6.99. The summed E-state index contributed by atoms with van der Waals surface area (Å²) in [6.07, 6.45) is 8.44. The van der Waals surface area contributed by atoms with E-state index >= 15 is 0 Å². The molecule has 1 aromatic heterocycles. The van der Waals surface area contributed by atoms with Gasteiger partial charge in [0.25, 0.3) is 0 Å². The Hall–Kier alpha value is -1.60. The maximum absolute atomic E-state index is 5.17. The van der Waals surface area contributed by atoms with Gasteiger partial charge in [0.1, 0.15) is 5.82 Å². The first-order chi connectivity index (χ1) is 12.7. The molecule has 148 valence electrons. The van der Waals surface area contributed by atoms with Crippen LogP contribution in [0.25, 0.3) is 0 Å². The highest BCUT2D eigenvalue weighted by molar-refractivity contribution is 5.80. The molecule has 7 heteroatoms. The molecule has 0 spiro atoms. The normalized spacial score (nSPS) is 16.8. The Bertz CT molecular complexity index is 522. The van der Waals surface area contributed by atoms with E-state index in [0.717, 1.165) is 83.3 Å². The first-order valence-corrected chi connectivity index (χ1v) is 9.96. The maximum atomic E-state index is 5.17. The smallest absolute Gasteiger partial charge is 0.191 e. The number of rotatable bonds is 10. The molecular formula is C19H36N6O. The third kappa shape index (κ3) is 7.33. The quantitative estimate of drug-likeness (QED) is 0.375. The number of methoxy groups -OCH3 is 1. The van der Waals surface area contributed by atoms with Gasteiger partial charge in [0.2, 0.25) is 0 Å². The van der Waals surface area contributed by atoms with Crippen molar-refractivity contribution in [2.45, 2.75) is 52.1 Å². The highest BCUT2D eigenvalue weighted by atomic mass is 16.5. The molecular weight excluding hydrogens is 328 g/mol. The molecule has 0 amide bonds. The fraction of sp³-hybridized carbons (Fsp3) is 0.789. The lowest BCUT2D eigenvalue weighted by Crippen LogP contribution is -2.49. The molecule has 1 aliphatic rings. The molecule has 0 unspecified atom stereocenters. The minimum atomic E-state index is 0.514. The van der Waals surface area contributed by atoms with E-state index in [4.69, 9.17) is 9.73 Å². The van der Waals surface area contributed by atoms with Gasteiger partial charge in [-0.3, -0.25) is 4.99 Å². The number of hydrogen-bond acceptors (Lipinski definition) is 4. The molecule has 0 radical (unpaired) electrons. The topological polar surface area (TPSA) is 66.7 Å².